The molecule has 0 aliphatic carbocycles. The molecule has 11 heavy (non-hydrogen) atoms. The normalized spacial score (nSPS) is 7.27. The van der Waals surface area contributed by atoms with Gasteiger partial charge in [0.2, 0.25) is 0 Å². The zero-order valence-corrected chi connectivity index (χ0v) is 6.71. The van der Waals surface area contributed by atoms with E-state index in [0.717, 1.165) is 6.42 Å². The lowest BCUT2D eigenvalue weighted by atomic mass is 10.2. The largest absolute Gasteiger partial charge is 0.503 e. The van der Waals surface area contributed by atoms with Crippen molar-refractivity contribution in [3.63, 3.8) is 0 Å². The second kappa shape index (κ2) is 11.6. The van der Waals surface area contributed by atoms with Crippen LogP contribution >= 0.6 is 0 Å². The van der Waals surface area contributed by atoms with Crippen molar-refractivity contribution in [3.05, 3.63) is 0 Å². The molecule has 64 valence electrons. The Bertz CT molecular complexity index is 120. The van der Waals surface area contributed by atoms with Crippen molar-refractivity contribution in [1.82, 2.24) is 0 Å². The van der Waals surface area contributed by atoms with Crippen molar-refractivity contribution in [2.45, 2.75) is 32.6 Å². The van der Waals surface area contributed by atoms with Crippen molar-refractivity contribution < 1.29 is 15.0 Å². The van der Waals surface area contributed by atoms with E-state index in [-0.39, 0.29) is 0 Å². The molecule has 0 rings (SSSR count). The summed E-state index contributed by atoms with van der Waals surface area (Å²) < 4.78 is 0. The first kappa shape index (κ1) is 12.5. The zero-order valence-electron chi connectivity index (χ0n) is 6.71. The highest BCUT2D eigenvalue weighted by Crippen LogP contribution is 1.95. The smallest absolute Gasteiger partial charge is 0.450 e. The van der Waals surface area contributed by atoms with Gasteiger partial charge in [-0.25, -0.2) is 4.79 Å². The van der Waals surface area contributed by atoms with Crippen LogP contribution in [0.5, 0.6) is 0 Å². The van der Waals surface area contributed by atoms with Gasteiger partial charge in [0.15, 0.2) is 0 Å². The molecule has 0 radical (unpaired) electrons. The monoisotopic (exact) mass is 158 g/mol. The Kier molecular flexibility index (Phi) is 13.2. The maximum Gasteiger partial charge on any atom is 0.503 e. The standard InChI is InChI=1S/C7H12.CH2O3/c1-3-5-7-6-4-2;2-1(3)4/h1H,4-7H2,2H3;(H2,2,3,4). The molecule has 3 heteroatoms. The molecule has 0 atom stereocenters. The second-order valence-corrected chi connectivity index (χ2v) is 1.94. The van der Waals surface area contributed by atoms with Gasteiger partial charge < -0.3 is 10.2 Å². The van der Waals surface area contributed by atoms with Gasteiger partial charge in [-0.2, -0.15) is 0 Å². The van der Waals surface area contributed by atoms with Crippen LogP contribution in [0.4, 0.5) is 4.79 Å². The van der Waals surface area contributed by atoms with Crippen molar-refractivity contribution >= 4 is 6.16 Å². The molecule has 0 bridgehead atoms. The Morgan fingerprint density at radius 3 is 2.18 bits per heavy atom. The predicted molar refractivity (Wildman–Crippen MR) is 43.6 cm³/mol. The molecule has 0 aromatic carbocycles. The molecule has 0 amide bonds. The summed E-state index contributed by atoms with van der Waals surface area (Å²) in [6.45, 7) is 2.18. The topological polar surface area (TPSA) is 57.5 Å². The lowest BCUT2D eigenvalue weighted by Gasteiger charge is -1.86. The van der Waals surface area contributed by atoms with Gasteiger partial charge in [-0.15, -0.1) is 12.3 Å². The maximum absolute atomic E-state index is 8.56. The molecule has 2 N–H and O–H groups in total. The van der Waals surface area contributed by atoms with Crippen molar-refractivity contribution in [2.75, 3.05) is 0 Å². The molecule has 0 saturated heterocycles. The molecule has 0 unspecified atom stereocenters. The molecule has 3 nitrogen and oxygen atoms in total. The molecule has 0 spiro atoms. The lowest BCUT2D eigenvalue weighted by Crippen LogP contribution is -1.81. The number of hydrogen-bond donors (Lipinski definition) is 2. The molecule has 0 aromatic heterocycles. The Morgan fingerprint density at radius 1 is 1.45 bits per heavy atom. The van der Waals surface area contributed by atoms with Crippen LogP contribution in [0.1, 0.15) is 32.6 Å². The van der Waals surface area contributed by atoms with E-state index in [1.807, 2.05) is 0 Å². The van der Waals surface area contributed by atoms with Gasteiger partial charge in [0.05, 0.1) is 0 Å². The number of carbonyl (C=O) groups is 1. The van der Waals surface area contributed by atoms with Crippen molar-refractivity contribution in [2.24, 2.45) is 0 Å². The van der Waals surface area contributed by atoms with Crippen LogP contribution in [0.25, 0.3) is 0 Å². The van der Waals surface area contributed by atoms with E-state index in [4.69, 9.17) is 21.4 Å². The maximum atomic E-state index is 8.56. The third kappa shape index (κ3) is 51.4. The Morgan fingerprint density at radius 2 is 1.91 bits per heavy atom. The summed E-state index contributed by atoms with van der Waals surface area (Å²) >= 11 is 0. The first-order valence-electron chi connectivity index (χ1n) is 3.50. The first-order valence-corrected chi connectivity index (χ1v) is 3.50. The minimum Gasteiger partial charge on any atom is -0.450 e. The van der Waals surface area contributed by atoms with Gasteiger partial charge in [-0.3, -0.25) is 0 Å². The SMILES string of the molecule is C#CCCCCC.O=C(O)O. The molecule has 0 heterocycles. The highest BCUT2D eigenvalue weighted by atomic mass is 16.6. The van der Waals surface area contributed by atoms with Crippen LogP contribution in [0.15, 0.2) is 0 Å². The number of hydrogen-bond acceptors (Lipinski definition) is 1. The minimum atomic E-state index is -1.83. The number of unbranched alkanes of at least 4 members (excludes halogenated alkanes) is 3. The summed E-state index contributed by atoms with van der Waals surface area (Å²) in [7, 11) is 0. The minimum absolute atomic E-state index is 0.952. The third-order valence-corrected chi connectivity index (χ3v) is 0.925. The summed E-state index contributed by atoms with van der Waals surface area (Å²) in [5.74, 6) is 2.60. The van der Waals surface area contributed by atoms with E-state index in [1.54, 1.807) is 0 Å². The molecule has 0 aromatic rings. The van der Waals surface area contributed by atoms with Gasteiger partial charge in [0, 0.05) is 6.42 Å². The van der Waals surface area contributed by atoms with Gasteiger partial charge in [-0.05, 0) is 6.42 Å². The van der Waals surface area contributed by atoms with Crippen LogP contribution < -0.4 is 0 Å². The molecule has 0 aliphatic rings. The van der Waals surface area contributed by atoms with Crippen LogP contribution in [-0.2, 0) is 0 Å². The lowest BCUT2D eigenvalue weighted by molar-refractivity contribution is 0.137. The van der Waals surface area contributed by atoms with Gasteiger partial charge in [0.1, 0.15) is 0 Å². The highest BCUT2D eigenvalue weighted by molar-refractivity contribution is 5.53. The van der Waals surface area contributed by atoms with Gasteiger partial charge >= 0.3 is 6.16 Å². The van der Waals surface area contributed by atoms with E-state index in [9.17, 15) is 0 Å². The van der Waals surface area contributed by atoms with Crippen LogP contribution in [0, 0.1) is 12.3 Å². The van der Waals surface area contributed by atoms with E-state index in [2.05, 4.69) is 12.8 Å². The molecular weight excluding hydrogens is 144 g/mol. The van der Waals surface area contributed by atoms with Crippen LogP contribution in [0.2, 0.25) is 0 Å². The predicted octanol–water partition coefficient (Wildman–Crippen LogP) is 2.42. The first-order chi connectivity index (χ1) is 5.15. The van der Waals surface area contributed by atoms with E-state index in [0.29, 0.717) is 0 Å². The Hall–Kier alpha value is -1.17. The number of carboxylic acid groups (broad SMARTS) is 2. The zero-order chi connectivity index (χ0) is 9.11. The number of rotatable bonds is 3. The van der Waals surface area contributed by atoms with E-state index >= 15 is 0 Å². The van der Waals surface area contributed by atoms with Gasteiger partial charge in [0.25, 0.3) is 0 Å². The highest BCUT2D eigenvalue weighted by Gasteiger charge is 1.77. The molecule has 0 fully saturated rings. The van der Waals surface area contributed by atoms with Crippen molar-refractivity contribution in [1.29, 1.82) is 0 Å². The Labute approximate surface area is 67.0 Å². The molecule has 0 aliphatic heterocycles. The summed E-state index contributed by atoms with van der Waals surface area (Å²) in [5.41, 5.74) is 0. The van der Waals surface area contributed by atoms with Gasteiger partial charge in [-0.1, -0.05) is 19.8 Å². The Balaban J connectivity index is 0. The van der Waals surface area contributed by atoms with Crippen molar-refractivity contribution in [3.8, 4) is 12.3 Å². The second-order valence-electron chi connectivity index (χ2n) is 1.94. The summed E-state index contributed by atoms with van der Waals surface area (Å²) in [6, 6.07) is 0. The van der Waals surface area contributed by atoms with Crippen LogP contribution in [0.3, 0.4) is 0 Å². The third-order valence-electron chi connectivity index (χ3n) is 0.925. The summed E-state index contributed by atoms with van der Waals surface area (Å²) in [6.07, 6.45) is 7.89. The summed E-state index contributed by atoms with van der Waals surface area (Å²) in [4.78, 5) is 8.56. The fourth-order valence-electron chi connectivity index (χ4n) is 0.477. The average Bonchev–Trinajstić information content (AvgIpc) is 1.88. The number of terminal acetylenes is 1. The fraction of sp³-hybridized carbons (Fsp3) is 0.625. The molecule has 0 saturated carbocycles. The summed E-state index contributed by atoms with van der Waals surface area (Å²) in [5, 5.41) is 13.9. The van der Waals surface area contributed by atoms with E-state index < -0.39 is 6.16 Å². The average molecular weight is 158 g/mol. The molecular formula is C8H14O3. The fourth-order valence-corrected chi connectivity index (χ4v) is 0.477. The van der Waals surface area contributed by atoms with Crippen LogP contribution in [-0.4, -0.2) is 16.4 Å². The quantitative estimate of drug-likeness (QED) is 0.490. The van der Waals surface area contributed by atoms with E-state index in [1.165, 1.54) is 19.3 Å².